The quantitative estimate of drug-likeness (QED) is 0.927. The molecule has 1 N–H and O–H groups in total. The second-order valence-electron chi connectivity index (χ2n) is 3.70. The lowest BCUT2D eigenvalue weighted by molar-refractivity contribution is -0.147. The average Bonchev–Trinajstić information content (AvgIpc) is 2.15. The number of aliphatic carboxylic acids is 1. The number of carboxylic acid groups (broad SMARTS) is 1. The second-order valence-corrected chi connectivity index (χ2v) is 4.61. The molecule has 0 aromatic heterocycles. The van der Waals surface area contributed by atoms with Crippen molar-refractivity contribution in [3.05, 3.63) is 28.5 Å². The Labute approximate surface area is 101 Å². The molecule has 0 aliphatic rings. The molecule has 0 spiro atoms. The van der Waals surface area contributed by atoms with E-state index in [9.17, 15) is 9.18 Å². The Balaban J connectivity index is 2.90. The van der Waals surface area contributed by atoms with Gasteiger partial charge in [0.25, 0.3) is 0 Å². The standard InChI is InChI=1S/C11H12BrFO3/c1-6(2)10(11(14)15)16-9-4-3-7(12)5-8(9)13/h3-6,10H,1-2H3,(H,14,15)/t10-/m0/s1. The van der Waals surface area contributed by atoms with Crippen molar-refractivity contribution in [2.24, 2.45) is 5.92 Å². The van der Waals surface area contributed by atoms with Gasteiger partial charge in [0.05, 0.1) is 0 Å². The van der Waals surface area contributed by atoms with Crippen LogP contribution in [0.5, 0.6) is 5.75 Å². The maximum absolute atomic E-state index is 13.4. The van der Waals surface area contributed by atoms with Crippen molar-refractivity contribution in [3.8, 4) is 5.75 Å². The van der Waals surface area contributed by atoms with Crippen molar-refractivity contribution in [1.29, 1.82) is 0 Å². The van der Waals surface area contributed by atoms with Gasteiger partial charge in [-0.05, 0) is 18.2 Å². The number of benzene rings is 1. The van der Waals surface area contributed by atoms with Crippen LogP contribution in [0.3, 0.4) is 0 Å². The third-order valence-corrected chi connectivity index (χ3v) is 2.49. The average molecular weight is 291 g/mol. The zero-order valence-corrected chi connectivity index (χ0v) is 10.5. The molecule has 5 heteroatoms. The van der Waals surface area contributed by atoms with Gasteiger partial charge in [-0.3, -0.25) is 0 Å². The van der Waals surface area contributed by atoms with Crippen molar-refractivity contribution in [1.82, 2.24) is 0 Å². The number of rotatable bonds is 4. The predicted octanol–water partition coefficient (Wildman–Crippen LogP) is 3.08. The highest BCUT2D eigenvalue weighted by Crippen LogP contribution is 2.23. The van der Waals surface area contributed by atoms with Gasteiger partial charge in [0, 0.05) is 10.4 Å². The monoisotopic (exact) mass is 290 g/mol. The van der Waals surface area contributed by atoms with E-state index >= 15 is 0 Å². The first-order chi connectivity index (χ1) is 7.41. The summed E-state index contributed by atoms with van der Waals surface area (Å²) in [6, 6.07) is 4.23. The van der Waals surface area contributed by atoms with E-state index in [0.717, 1.165) is 0 Å². The minimum atomic E-state index is -1.10. The zero-order valence-electron chi connectivity index (χ0n) is 8.91. The van der Waals surface area contributed by atoms with Gasteiger partial charge in [-0.1, -0.05) is 29.8 Å². The second kappa shape index (κ2) is 5.30. The van der Waals surface area contributed by atoms with E-state index in [1.807, 2.05) is 0 Å². The first kappa shape index (κ1) is 13.0. The van der Waals surface area contributed by atoms with Gasteiger partial charge in [0.2, 0.25) is 0 Å². The number of carboxylic acids is 1. The van der Waals surface area contributed by atoms with E-state index < -0.39 is 17.9 Å². The van der Waals surface area contributed by atoms with Crippen LogP contribution in [0.15, 0.2) is 22.7 Å². The number of ether oxygens (including phenoxy) is 1. The molecule has 0 fully saturated rings. The molecule has 1 rings (SSSR count). The molecule has 1 aromatic rings. The van der Waals surface area contributed by atoms with Crippen LogP contribution in [0.4, 0.5) is 4.39 Å². The Kier molecular flexibility index (Phi) is 4.29. The molecule has 0 amide bonds. The van der Waals surface area contributed by atoms with E-state index in [0.29, 0.717) is 4.47 Å². The van der Waals surface area contributed by atoms with Crippen LogP contribution in [-0.2, 0) is 4.79 Å². The van der Waals surface area contributed by atoms with Gasteiger partial charge in [-0.25, -0.2) is 9.18 Å². The molecule has 0 bridgehead atoms. The predicted molar refractivity (Wildman–Crippen MR) is 61.0 cm³/mol. The molecular formula is C11H12BrFO3. The number of hydrogen-bond donors (Lipinski definition) is 1. The third kappa shape index (κ3) is 3.20. The molecule has 0 heterocycles. The van der Waals surface area contributed by atoms with Crippen LogP contribution in [-0.4, -0.2) is 17.2 Å². The summed E-state index contributed by atoms with van der Waals surface area (Å²) in [5, 5.41) is 8.89. The van der Waals surface area contributed by atoms with Gasteiger partial charge in [0.15, 0.2) is 17.7 Å². The Morgan fingerprint density at radius 1 is 1.50 bits per heavy atom. The van der Waals surface area contributed by atoms with Crippen LogP contribution < -0.4 is 4.74 Å². The van der Waals surface area contributed by atoms with Crippen molar-refractivity contribution < 1.29 is 19.0 Å². The zero-order chi connectivity index (χ0) is 12.3. The number of carbonyl (C=O) groups is 1. The van der Waals surface area contributed by atoms with Crippen molar-refractivity contribution >= 4 is 21.9 Å². The lowest BCUT2D eigenvalue weighted by Crippen LogP contribution is -2.32. The summed E-state index contributed by atoms with van der Waals surface area (Å²) < 4.78 is 19.1. The highest BCUT2D eigenvalue weighted by Gasteiger charge is 2.24. The van der Waals surface area contributed by atoms with Crippen LogP contribution in [0, 0.1) is 11.7 Å². The van der Waals surface area contributed by atoms with Gasteiger partial charge in [0.1, 0.15) is 0 Å². The molecule has 0 radical (unpaired) electrons. The summed E-state index contributed by atoms with van der Waals surface area (Å²) in [4.78, 5) is 10.9. The fraction of sp³-hybridized carbons (Fsp3) is 0.364. The van der Waals surface area contributed by atoms with Crippen molar-refractivity contribution in [2.45, 2.75) is 20.0 Å². The summed E-state index contributed by atoms with van der Waals surface area (Å²) in [6.45, 7) is 3.41. The maximum Gasteiger partial charge on any atom is 0.345 e. The first-order valence-electron chi connectivity index (χ1n) is 4.76. The molecule has 1 aromatic carbocycles. The molecule has 0 aliphatic heterocycles. The maximum atomic E-state index is 13.4. The SMILES string of the molecule is CC(C)[C@H](Oc1ccc(Br)cc1F)C(=O)O. The van der Waals surface area contributed by atoms with E-state index in [-0.39, 0.29) is 11.7 Å². The topological polar surface area (TPSA) is 46.5 Å². The molecule has 0 saturated carbocycles. The Morgan fingerprint density at radius 3 is 2.56 bits per heavy atom. The van der Waals surface area contributed by atoms with Crippen LogP contribution in [0.2, 0.25) is 0 Å². The summed E-state index contributed by atoms with van der Waals surface area (Å²) in [5.74, 6) is -1.97. The van der Waals surface area contributed by atoms with E-state index in [1.165, 1.54) is 12.1 Å². The third-order valence-electron chi connectivity index (χ3n) is 2.00. The molecule has 88 valence electrons. The highest BCUT2D eigenvalue weighted by molar-refractivity contribution is 9.10. The van der Waals surface area contributed by atoms with Gasteiger partial charge in [-0.2, -0.15) is 0 Å². The molecule has 0 aliphatic carbocycles. The Hall–Kier alpha value is -1.10. The molecule has 0 unspecified atom stereocenters. The van der Waals surface area contributed by atoms with Crippen molar-refractivity contribution in [3.63, 3.8) is 0 Å². The summed E-state index contributed by atoms with van der Waals surface area (Å²) in [7, 11) is 0. The van der Waals surface area contributed by atoms with Crippen LogP contribution in [0.1, 0.15) is 13.8 Å². The van der Waals surface area contributed by atoms with E-state index in [4.69, 9.17) is 9.84 Å². The fourth-order valence-corrected chi connectivity index (χ4v) is 1.51. The summed E-state index contributed by atoms with van der Waals surface area (Å²) in [6.07, 6.45) is -1.05. The minimum Gasteiger partial charge on any atom is -0.478 e. The number of halogens is 2. The molecule has 1 atom stereocenters. The Bertz CT molecular complexity index is 393. The van der Waals surface area contributed by atoms with Gasteiger partial charge < -0.3 is 9.84 Å². The largest absolute Gasteiger partial charge is 0.478 e. The molecule has 3 nitrogen and oxygen atoms in total. The van der Waals surface area contributed by atoms with Crippen molar-refractivity contribution in [2.75, 3.05) is 0 Å². The summed E-state index contributed by atoms with van der Waals surface area (Å²) in [5.41, 5.74) is 0. The molecular weight excluding hydrogens is 279 g/mol. The minimum absolute atomic E-state index is 0.0516. The smallest absolute Gasteiger partial charge is 0.345 e. The molecule has 16 heavy (non-hydrogen) atoms. The number of hydrogen-bond acceptors (Lipinski definition) is 2. The van der Waals surface area contributed by atoms with Crippen LogP contribution in [0.25, 0.3) is 0 Å². The van der Waals surface area contributed by atoms with E-state index in [1.54, 1.807) is 19.9 Å². The fourth-order valence-electron chi connectivity index (χ4n) is 1.18. The van der Waals surface area contributed by atoms with Crippen LogP contribution >= 0.6 is 15.9 Å². The van der Waals surface area contributed by atoms with E-state index in [2.05, 4.69) is 15.9 Å². The summed E-state index contributed by atoms with van der Waals surface area (Å²) >= 11 is 3.11. The lowest BCUT2D eigenvalue weighted by atomic mass is 10.1. The normalized spacial score (nSPS) is 12.6. The molecule has 0 saturated heterocycles. The lowest BCUT2D eigenvalue weighted by Gasteiger charge is -2.18. The highest BCUT2D eigenvalue weighted by atomic mass is 79.9. The first-order valence-corrected chi connectivity index (χ1v) is 5.55. The van der Waals surface area contributed by atoms with Gasteiger partial charge in [-0.15, -0.1) is 0 Å². The van der Waals surface area contributed by atoms with Gasteiger partial charge >= 0.3 is 5.97 Å². The Morgan fingerprint density at radius 2 is 2.12 bits per heavy atom.